The van der Waals surface area contributed by atoms with Gasteiger partial charge in [-0.1, -0.05) is 0 Å². The first kappa shape index (κ1) is 11.5. The van der Waals surface area contributed by atoms with E-state index in [2.05, 4.69) is 10.6 Å². The van der Waals surface area contributed by atoms with Crippen LogP contribution in [-0.4, -0.2) is 35.2 Å². The van der Waals surface area contributed by atoms with Gasteiger partial charge in [0.2, 0.25) is 5.91 Å². The Morgan fingerprint density at radius 2 is 2.14 bits per heavy atom. The number of nitrogens with one attached hydrogen (secondary N) is 2. The Bertz CT molecular complexity index is 212. The normalized spacial score (nSPS) is 19.1. The molecule has 0 aliphatic heterocycles. The van der Waals surface area contributed by atoms with Gasteiger partial charge in [0, 0.05) is 11.6 Å². The van der Waals surface area contributed by atoms with E-state index in [1.54, 1.807) is 0 Å². The Morgan fingerprint density at radius 1 is 1.57 bits per heavy atom. The van der Waals surface area contributed by atoms with Crippen LogP contribution in [0.4, 0.5) is 0 Å². The van der Waals surface area contributed by atoms with Gasteiger partial charge >= 0.3 is 0 Å². The summed E-state index contributed by atoms with van der Waals surface area (Å²) in [7, 11) is 0. The van der Waals surface area contributed by atoms with Crippen molar-refractivity contribution in [1.29, 1.82) is 0 Å². The summed E-state index contributed by atoms with van der Waals surface area (Å²) in [6, 6.07) is 0.140. The summed E-state index contributed by atoms with van der Waals surface area (Å²) in [6.07, 6.45) is 2.20. The molecule has 0 aromatic carbocycles. The second-order valence-corrected chi connectivity index (χ2v) is 4.69. The number of rotatable bonds is 5. The lowest BCUT2D eigenvalue weighted by atomic mass is 10.1. The summed E-state index contributed by atoms with van der Waals surface area (Å²) in [6.45, 7) is 5.57. The fraction of sp³-hybridized carbons (Fsp3) is 0.900. The van der Waals surface area contributed by atoms with Crippen molar-refractivity contribution in [2.45, 2.75) is 51.2 Å². The lowest BCUT2D eigenvalue weighted by molar-refractivity contribution is -0.123. The highest BCUT2D eigenvalue weighted by Gasteiger charge is 2.28. The summed E-state index contributed by atoms with van der Waals surface area (Å²) < 4.78 is 0. The highest BCUT2D eigenvalue weighted by Crippen LogP contribution is 2.18. The van der Waals surface area contributed by atoms with Gasteiger partial charge in [0.15, 0.2) is 0 Å². The van der Waals surface area contributed by atoms with Crippen molar-refractivity contribution < 1.29 is 9.90 Å². The van der Waals surface area contributed by atoms with E-state index in [9.17, 15) is 4.79 Å². The van der Waals surface area contributed by atoms with E-state index in [0.29, 0.717) is 6.04 Å². The van der Waals surface area contributed by atoms with Crippen LogP contribution in [0.5, 0.6) is 0 Å². The molecule has 1 fully saturated rings. The van der Waals surface area contributed by atoms with E-state index < -0.39 is 5.54 Å². The van der Waals surface area contributed by atoms with E-state index in [-0.39, 0.29) is 18.6 Å². The molecule has 0 aromatic heterocycles. The van der Waals surface area contributed by atoms with Crippen LogP contribution in [0, 0.1) is 0 Å². The molecular formula is C10H20N2O2. The third-order valence-electron chi connectivity index (χ3n) is 2.32. The average molecular weight is 200 g/mol. The Hall–Kier alpha value is -0.610. The van der Waals surface area contributed by atoms with Crippen molar-refractivity contribution >= 4 is 5.91 Å². The second-order valence-electron chi connectivity index (χ2n) is 4.69. The Balaban J connectivity index is 2.31. The van der Waals surface area contributed by atoms with Gasteiger partial charge in [-0.25, -0.2) is 0 Å². The number of amides is 1. The zero-order valence-corrected chi connectivity index (χ0v) is 9.13. The monoisotopic (exact) mass is 200 g/mol. The Morgan fingerprint density at radius 3 is 2.57 bits per heavy atom. The molecule has 1 aliphatic rings. The number of hydrogen-bond acceptors (Lipinski definition) is 3. The predicted molar refractivity (Wildman–Crippen MR) is 54.9 cm³/mol. The van der Waals surface area contributed by atoms with Gasteiger partial charge < -0.3 is 10.4 Å². The smallest absolute Gasteiger partial charge is 0.237 e. The van der Waals surface area contributed by atoms with E-state index in [1.807, 2.05) is 20.8 Å². The first-order valence-corrected chi connectivity index (χ1v) is 5.13. The van der Waals surface area contributed by atoms with Crippen molar-refractivity contribution in [1.82, 2.24) is 10.6 Å². The molecule has 1 saturated carbocycles. The minimum atomic E-state index is -0.402. The van der Waals surface area contributed by atoms with Crippen molar-refractivity contribution in [2.75, 3.05) is 6.61 Å². The molecule has 1 rings (SSSR count). The first-order chi connectivity index (χ1) is 6.44. The maximum Gasteiger partial charge on any atom is 0.237 e. The van der Waals surface area contributed by atoms with Crippen LogP contribution in [0.25, 0.3) is 0 Å². The first-order valence-electron chi connectivity index (χ1n) is 5.13. The molecule has 0 spiro atoms. The summed E-state index contributed by atoms with van der Waals surface area (Å²) in [4.78, 5) is 11.5. The largest absolute Gasteiger partial charge is 0.394 e. The third kappa shape index (κ3) is 3.64. The van der Waals surface area contributed by atoms with Crippen LogP contribution < -0.4 is 10.6 Å². The Labute approximate surface area is 85.1 Å². The number of aliphatic hydroxyl groups is 1. The number of hydrogen-bond donors (Lipinski definition) is 3. The minimum Gasteiger partial charge on any atom is -0.394 e. The zero-order chi connectivity index (χ0) is 10.8. The van der Waals surface area contributed by atoms with Crippen LogP contribution in [0.1, 0.15) is 33.6 Å². The highest BCUT2D eigenvalue weighted by atomic mass is 16.3. The maximum absolute atomic E-state index is 11.5. The van der Waals surface area contributed by atoms with Crippen LogP contribution >= 0.6 is 0 Å². The fourth-order valence-electron chi connectivity index (χ4n) is 1.25. The molecule has 1 unspecified atom stereocenters. The standard InChI is InChI=1S/C10H20N2O2/c1-7(12-10(2,3)6-13)9(14)11-8-4-5-8/h7-8,12-13H,4-6H2,1-3H3,(H,11,14). The zero-order valence-electron chi connectivity index (χ0n) is 9.13. The van der Waals surface area contributed by atoms with Crippen LogP contribution in [0.3, 0.4) is 0 Å². The molecule has 0 radical (unpaired) electrons. The lowest BCUT2D eigenvalue weighted by Gasteiger charge is -2.27. The van der Waals surface area contributed by atoms with Gasteiger partial charge in [-0.3, -0.25) is 10.1 Å². The molecule has 4 nitrogen and oxygen atoms in total. The number of carbonyl (C=O) groups excluding carboxylic acids is 1. The average Bonchev–Trinajstić information content (AvgIpc) is 2.87. The molecule has 1 atom stereocenters. The van der Waals surface area contributed by atoms with Crippen LogP contribution in [0.2, 0.25) is 0 Å². The lowest BCUT2D eigenvalue weighted by Crippen LogP contribution is -2.53. The molecule has 4 heteroatoms. The molecule has 1 amide bonds. The minimum absolute atomic E-state index is 0.0219. The number of carbonyl (C=O) groups is 1. The molecule has 0 heterocycles. The van der Waals surface area contributed by atoms with Crippen LogP contribution in [0.15, 0.2) is 0 Å². The molecule has 14 heavy (non-hydrogen) atoms. The van der Waals surface area contributed by atoms with E-state index in [0.717, 1.165) is 12.8 Å². The van der Waals surface area contributed by atoms with Crippen molar-refractivity contribution in [3.8, 4) is 0 Å². The van der Waals surface area contributed by atoms with Gasteiger partial charge in [0.25, 0.3) is 0 Å². The predicted octanol–water partition coefficient (Wildman–Crippen LogP) is 0.0140. The third-order valence-corrected chi connectivity index (χ3v) is 2.32. The van der Waals surface area contributed by atoms with Gasteiger partial charge in [-0.05, 0) is 33.6 Å². The SMILES string of the molecule is CC(NC(C)(C)CO)C(=O)NC1CC1. The highest BCUT2D eigenvalue weighted by molar-refractivity contribution is 5.81. The van der Waals surface area contributed by atoms with E-state index in [4.69, 9.17) is 5.11 Å². The van der Waals surface area contributed by atoms with Crippen LogP contribution in [-0.2, 0) is 4.79 Å². The second kappa shape index (κ2) is 4.28. The molecule has 3 N–H and O–H groups in total. The molecule has 0 aromatic rings. The van der Waals surface area contributed by atoms with Gasteiger partial charge in [0.05, 0.1) is 12.6 Å². The van der Waals surface area contributed by atoms with Gasteiger partial charge in [-0.2, -0.15) is 0 Å². The molecule has 1 aliphatic carbocycles. The van der Waals surface area contributed by atoms with Crippen molar-refractivity contribution in [3.63, 3.8) is 0 Å². The Kier molecular flexibility index (Phi) is 3.50. The summed E-state index contributed by atoms with van der Waals surface area (Å²) >= 11 is 0. The van der Waals surface area contributed by atoms with Gasteiger partial charge in [0.1, 0.15) is 0 Å². The number of aliphatic hydroxyl groups excluding tert-OH is 1. The quantitative estimate of drug-likeness (QED) is 0.586. The van der Waals surface area contributed by atoms with E-state index in [1.165, 1.54) is 0 Å². The molecule has 82 valence electrons. The van der Waals surface area contributed by atoms with Gasteiger partial charge in [-0.15, -0.1) is 0 Å². The maximum atomic E-state index is 11.5. The van der Waals surface area contributed by atoms with Crippen molar-refractivity contribution in [3.05, 3.63) is 0 Å². The topological polar surface area (TPSA) is 61.4 Å². The summed E-state index contributed by atoms with van der Waals surface area (Å²) in [5.74, 6) is 0.0222. The van der Waals surface area contributed by atoms with E-state index >= 15 is 0 Å². The molecule has 0 saturated heterocycles. The molecular weight excluding hydrogens is 180 g/mol. The fourth-order valence-corrected chi connectivity index (χ4v) is 1.25. The summed E-state index contributed by atoms with van der Waals surface area (Å²) in [5.41, 5.74) is -0.402. The van der Waals surface area contributed by atoms with Crippen molar-refractivity contribution in [2.24, 2.45) is 0 Å². The summed E-state index contributed by atoms with van der Waals surface area (Å²) in [5, 5.41) is 15.0. The molecule has 0 bridgehead atoms.